The van der Waals surface area contributed by atoms with Crippen molar-refractivity contribution in [3.63, 3.8) is 0 Å². The zero-order valence-electron chi connectivity index (χ0n) is 19.2. The van der Waals surface area contributed by atoms with E-state index in [9.17, 15) is 19.5 Å². The summed E-state index contributed by atoms with van der Waals surface area (Å²) in [6, 6.07) is 14.4. The molecule has 4 aromatic rings. The van der Waals surface area contributed by atoms with Crippen molar-refractivity contribution in [1.82, 2.24) is 14.8 Å². The number of halogens is 1. The van der Waals surface area contributed by atoms with Crippen molar-refractivity contribution < 1.29 is 19.5 Å². The highest BCUT2D eigenvalue weighted by molar-refractivity contribution is 7.15. The number of thiophene rings is 1. The number of aromatic nitrogens is 3. The molecule has 0 unspecified atom stereocenters. The summed E-state index contributed by atoms with van der Waals surface area (Å²) in [4.78, 5) is 40.3. The van der Waals surface area contributed by atoms with E-state index in [1.54, 1.807) is 35.8 Å². The first-order valence-electron chi connectivity index (χ1n) is 10.7. The lowest BCUT2D eigenvalue weighted by Gasteiger charge is -2.18. The van der Waals surface area contributed by atoms with Crippen molar-refractivity contribution in [3.05, 3.63) is 92.6 Å². The standard InChI is InChI=1S/C25H21ClN4O4S/c1-4-17-13-19(21(31)18-10-5-6-11-20(18)26)23(35-17)30-14(2)27-28-25(30)29(3)22(32)15-8-7-9-16(12-15)24(33)34/h5-13H,4H2,1-3H3,(H,33,34). The molecule has 0 aliphatic heterocycles. The average molecular weight is 509 g/mol. The van der Waals surface area contributed by atoms with Gasteiger partial charge >= 0.3 is 5.97 Å². The number of aryl methyl sites for hydroxylation is 2. The van der Waals surface area contributed by atoms with Crippen molar-refractivity contribution in [1.29, 1.82) is 0 Å². The maximum atomic E-state index is 13.5. The van der Waals surface area contributed by atoms with Gasteiger partial charge in [-0.15, -0.1) is 21.5 Å². The quantitative estimate of drug-likeness (QED) is 0.350. The molecule has 2 heterocycles. The first-order valence-corrected chi connectivity index (χ1v) is 11.9. The number of rotatable bonds is 7. The van der Waals surface area contributed by atoms with E-state index in [1.807, 2.05) is 13.0 Å². The van der Waals surface area contributed by atoms with Crippen LogP contribution in [0.4, 0.5) is 5.95 Å². The summed E-state index contributed by atoms with van der Waals surface area (Å²) < 4.78 is 1.66. The molecular weight excluding hydrogens is 488 g/mol. The van der Waals surface area contributed by atoms with Crippen LogP contribution in [0.15, 0.2) is 54.6 Å². The van der Waals surface area contributed by atoms with Gasteiger partial charge in [0, 0.05) is 23.1 Å². The van der Waals surface area contributed by atoms with Crippen LogP contribution >= 0.6 is 22.9 Å². The zero-order chi connectivity index (χ0) is 25.3. The van der Waals surface area contributed by atoms with Crippen LogP contribution in [0.25, 0.3) is 5.00 Å². The van der Waals surface area contributed by atoms with E-state index in [4.69, 9.17) is 11.6 Å². The average Bonchev–Trinajstić information content (AvgIpc) is 3.46. The highest BCUT2D eigenvalue weighted by Crippen LogP contribution is 2.34. The second kappa shape index (κ2) is 9.81. The van der Waals surface area contributed by atoms with Crippen LogP contribution in [-0.4, -0.2) is 44.6 Å². The minimum Gasteiger partial charge on any atom is -0.478 e. The molecule has 0 aliphatic carbocycles. The third-order valence-corrected chi connectivity index (χ3v) is 7.04. The fraction of sp³-hybridized carbons (Fsp3) is 0.160. The molecule has 0 spiro atoms. The lowest BCUT2D eigenvalue weighted by atomic mass is 10.0. The number of amides is 1. The number of ketones is 1. The Hall–Kier alpha value is -3.82. The van der Waals surface area contributed by atoms with E-state index >= 15 is 0 Å². The molecule has 0 fully saturated rings. The smallest absolute Gasteiger partial charge is 0.335 e. The topological polar surface area (TPSA) is 105 Å². The number of carboxylic acids is 1. The van der Waals surface area contributed by atoms with E-state index in [1.165, 1.54) is 47.5 Å². The van der Waals surface area contributed by atoms with Crippen LogP contribution in [0.2, 0.25) is 5.02 Å². The Morgan fingerprint density at radius 2 is 1.74 bits per heavy atom. The molecule has 35 heavy (non-hydrogen) atoms. The van der Waals surface area contributed by atoms with E-state index < -0.39 is 11.9 Å². The van der Waals surface area contributed by atoms with Gasteiger partial charge in [0.2, 0.25) is 5.95 Å². The number of hydrogen-bond acceptors (Lipinski definition) is 6. The first-order chi connectivity index (χ1) is 16.7. The number of carbonyl (C=O) groups excluding carboxylic acids is 2. The largest absolute Gasteiger partial charge is 0.478 e. The minimum atomic E-state index is -1.13. The van der Waals surface area contributed by atoms with Gasteiger partial charge in [0.15, 0.2) is 5.78 Å². The van der Waals surface area contributed by atoms with Gasteiger partial charge in [0.1, 0.15) is 10.8 Å². The molecule has 1 amide bonds. The molecule has 2 aromatic heterocycles. The Morgan fingerprint density at radius 1 is 1.03 bits per heavy atom. The Morgan fingerprint density at radius 3 is 2.43 bits per heavy atom. The molecule has 0 radical (unpaired) electrons. The summed E-state index contributed by atoms with van der Waals surface area (Å²) in [6.45, 7) is 3.72. The summed E-state index contributed by atoms with van der Waals surface area (Å²) in [5, 5.41) is 18.5. The highest BCUT2D eigenvalue weighted by atomic mass is 35.5. The van der Waals surface area contributed by atoms with E-state index in [0.29, 0.717) is 33.4 Å². The molecule has 178 valence electrons. The lowest BCUT2D eigenvalue weighted by molar-refractivity contribution is 0.0696. The van der Waals surface area contributed by atoms with Crippen LogP contribution in [0.5, 0.6) is 0 Å². The molecule has 0 bridgehead atoms. The van der Waals surface area contributed by atoms with Crippen molar-refractivity contribution >= 4 is 46.5 Å². The Balaban J connectivity index is 1.80. The maximum Gasteiger partial charge on any atom is 0.335 e. The van der Waals surface area contributed by atoms with Gasteiger partial charge in [0.25, 0.3) is 5.91 Å². The monoisotopic (exact) mass is 508 g/mol. The Kier molecular flexibility index (Phi) is 6.81. The second-order valence-corrected chi connectivity index (χ2v) is 9.25. The van der Waals surface area contributed by atoms with Crippen LogP contribution in [0.1, 0.15) is 54.3 Å². The summed E-state index contributed by atoms with van der Waals surface area (Å²) in [7, 11) is 1.53. The molecule has 10 heteroatoms. The van der Waals surface area contributed by atoms with Gasteiger partial charge in [-0.3, -0.25) is 19.1 Å². The fourth-order valence-electron chi connectivity index (χ4n) is 3.60. The molecule has 0 aliphatic rings. The number of anilines is 1. The third-order valence-electron chi connectivity index (χ3n) is 5.45. The van der Waals surface area contributed by atoms with Crippen molar-refractivity contribution in [3.8, 4) is 5.00 Å². The Labute approximate surface area is 210 Å². The number of hydrogen-bond donors (Lipinski definition) is 1. The van der Waals surface area contributed by atoms with Gasteiger partial charge < -0.3 is 5.11 Å². The molecule has 0 saturated heterocycles. The summed E-state index contributed by atoms with van der Waals surface area (Å²) in [5.41, 5.74) is 0.989. The molecule has 8 nitrogen and oxygen atoms in total. The van der Waals surface area contributed by atoms with Crippen LogP contribution in [-0.2, 0) is 6.42 Å². The van der Waals surface area contributed by atoms with Crippen molar-refractivity contribution in [2.45, 2.75) is 20.3 Å². The van der Waals surface area contributed by atoms with Gasteiger partial charge in [0.05, 0.1) is 16.1 Å². The second-order valence-electron chi connectivity index (χ2n) is 7.73. The predicted molar refractivity (Wildman–Crippen MR) is 134 cm³/mol. The van der Waals surface area contributed by atoms with Gasteiger partial charge in [-0.05, 0) is 49.7 Å². The maximum absolute atomic E-state index is 13.5. The zero-order valence-corrected chi connectivity index (χ0v) is 20.7. The molecule has 0 atom stereocenters. The Bertz CT molecular complexity index is 1460. The van der Waals surface area contributed by atoms with E-state index in [-0.39, 0.29) is 22.9 Å². The van der Waals surface area contributed by atoms with Crippen LogP contribution < -0.4 is 4.90 Å². The van der Waals surface area contributed by atoms with Gasteiger partial charge in [-0.25, -0.2) is 4.79 Å². The normalized spacial score (nSPS) is 10.9. The first kappa shape index (κ1) is 24.3. The summed E-state index contributed by atoms with van der Waals surface area (Å²) in [5.74, 6) is -1.16. The number of aromatic carboxylic acids is 1. The van der Waals surface area contributed by atoms with Crippen molar-refractivity contribution in [2.24, 2.45) is 0 Å². The van der Waals surface area contributed by atoms with Crippen LogP contribution in [0.3, 0.4) is 0 Å². The van der Waals surface area contributed by atoms with Gasteiger partial charge in [-0.1, -0.05) is 36.7 Å². The molecule has 4 rings (SSSR count). The predicted octanol–water partition coefficient (Wildman–Crippen LogP) is 5.06. The summed E-state index contributed by atoms with van der Waals surface area (Å²) in [6.07, 6.45) is 0.709. The molecule has 2 aromatic carbocycles. The van der Waals surface area contributed by atoms with Gasteiger partial charge in [-0.2, -0.15) is 0 Å². The molecular formula is C25H21ClN4O4S. The van der Waals surface area contributed by atoms with E-state index in [2.05, 4.69) is 10.2 Å². The minimum absolute atomic E-state index is 0.000338. The van der Waals surface area contributed by atoms with E-state index in [0.717, 1.165) is 4.88 Å². The third kappa shape index (κ3) is 4.60. The van der Waals surface area contributed by atoms with Crippen LogP contribution in [0, 0.1) is 6.92 Å². The summed E-state index contributed by atoms with van der Waals surface area (Å²) >= 11 is 7.71. The number of nitrogens with zero attached hydrogens (tertiary/aromatic N) is 4. The molecule has 0 saturated carbocycles. The lowest BCUT2D eigenvalue weighted by Crippen LogP contribution is -2.29. The molecule has 1 N–H and O–H groups in total. The fourth-order valence-corrected chi connectivity index (χ4v) is 4.96. The number of benzene rings is 2. The SMILES string of the molecule is CCc1cc(C(=O)c2ccccc2Cl)c(-n2c(C)nnc2N(C)C(=O)c2cccc(C(=O)O)c2)s1. The number of carbonyl (C=O) groups is 3. The number of carboxylic acid groups (broad SMARTS) is 1. The van der Waals surface area contributed by atoms with Crippen molar-refractivity contribution in [2.75, 3.05) is 11.9 Å². The highest BCUT2D eigenvalue weighted by Gasteiger charge is 2.27.